The van der Waals surface area contributed by atoms with Gasteiger partial charge >= 0.3 is 11.8 Å². The number of thiophene rings is 1. The van der Waals surface area contributed by atoms with Gasteiger partial charge in [0.25, 0.3) is 0 Å². The first kappa shape index (κ1) is 20.1. The Morgan fingerprint density at radius 2 is 1.77 bits per heavy atom. The van der Waals surface area contributed by atoms with Crippen molar-refractivity contribution in [3.05, 3.63) is 52.7 Å². The SMILES string of the molecule is COCCNC(=O)C(=O)NCC(c1cccs1)S(=O)(=O)c1ccccc1. The quantitative estimate of drug-likeness (QED) is 0.515. The largest absolute Gasteiger partial charge is 0.383 e. The minimum atomic E-state index is -3.72. The van der Waals surface area contributed by atoms with E-state index in [2.05, 4.69) is 10.6 Å². The van der Waals surface area contributed by atoms with Crippen LogP contribution in [0.1, 0.15) is 10.1 Å². The fraction of sp³-hybridized carbons (Fsp3) is 0.294. The van der Waals surface area contributed by atoms with Gasteiger partial charge in [-0.1, -0.05) is 24.3 Å². The number of amides is 2. The third-order valence-corrected chi connectivity index (χ3v) is 6.79. The molecule has 0 saturated carbocycles. The summed E-state index contributed by atoms with van der Waals surface area (Å²) in [5, 5.41) is 5.59. The van der Waals surface area contributed by atoms with Crippen LogP contribution in [0.25, 0.3) is 0 Å². The van der Waals surface area contributed by atoms with E-state index >= 15 is 0 Å². The highest BCUT2D eigenvalue weighted by atomic mass is 32.2. The molecular formula is C17H20N2O5S2. The Balaban J connectivity index is 2.12. The fourth-order valence-electron chi connectivity index (χ4n) is 2.22. The second-order valence-electron chi connectivity index (χ2n) is 5.32. The minimum Gasteiger partial charge on any atom is -0.383 e. The number of carbonyl (C=O) groups excluding carboxylic acids is 2. The third-order valence-electron chi connectivity index (χ3n) is 3.55. The molecule has 1 aromatic carbocycles. The number of rotatable bonds is 8. The van der Waals surface area contributed by atoms with Crippen molar-refractivity contribution >= 4 is 33.0 Å². The van der Waals surface area contributed by atoms with Crippen LogP contribution in [-0.4, -0.2) is 47.0 Å². The summed E-state index contributed by atoms with van der Waals surface area (Å²) in [4.78, 5) is 24.4. The summed E-state index contributed by atoms with van der Waals surface area (Å²) in [6.07, 6.45) is 0. The van der Waals surface area contributed by atoms with Crippen LogP contribution in [-0.2, 0) is 24.2 Å². The Morgan fingerprint density at radius 1 is 1.08 bits per heavy atom. The van der Waals surface area contributed by atoms with Gasteiger partial charge in [-0.25, -0.2) is 8.42 Å². The number of ether oxygens (including phenoxy) is 1. The van der Waals surface area contributed by atoms with Crippen LogP contribution in [0, 0.1) is 0 Å². The van der Waals surface area contributed by atoms with Gasteiger partial charge in [0.2, 0.25) is 0 Å². The van der Waals surface area contributed by atoms with Gasteiger partial charge in [0.05, 0.1) is 11.5 Å². The summed E-state index contributed by atoms with van der Waals surface area (Å²) >= 11 is 1.28. The van der Waals surface area contributed by atoms with Gasteiger partial charge in [-0.15, -0.1) is 11.3 Å². The standard InChI is InChI=1S/C17H20N2O5S2/c1-24-10-9-18-16(20)17(21)19-12-15(14-8-5-11-25-14)26(22,23)13-6-3-2-4-7-13/h2-8,11,15H,9-10,12H2,1H3,(H,18,20)(H,19,21). The first-order valence-corrected chi connectivity index (χ1v) is 10.3. The summed E-state index contributed by atoms with van der Waals surface area (Å²) in [5.41, 5.74) is 0. The molecular weight excluding hydrogens is 376 g/mol. The van der Waals surface area contributed by atoms with Crippen molar-refractivity contribution in [2.45, 2.75) is 10.1 Å². The molecule has 7 nitrogen and oxygen atoms in total. The lowest BCUT2D eigenvalue weighted by Crippen LogP contribution is -2.43. The van der Waals surface area contributed by atoms with Crippen molar-refractivity contribution in [1.29, 1.82) is 0 Å². The van der Waals surface area contributed by atoms with Crippen molar-refractivity contribution in [3.63, 3.8) is 0 Å². The second kappa shape index (κ2) is 9.46. The van der Waals surface area contributed by atoms with Crippen LogP contribution in [0.15, 0.2) is 52.7 Å². The molecule has 0 radical (unpaired) electrons. The second-order valence-corrected chi connectivity index (χ2v) is 8.43. The van der Waals surface area contributed by atoms with Gasteiger partial charge in [-0.05, 0) is 23.6 Å². The van der Waals surface area contributed by atoms with Crippen LogP contribution in [0.2, 0.25) is 0 Å². The van der Waals surface area contributed by atoms with E-state index in [0.29, 0.717) is 4.88 Å². The van der Waals surface area contributed by atoms with Crippen LogP contribution >= 0.6 is 11.3 Å². The van der Waals surface area contributed by atoms with E-state index in [1.807, 2.05) is 0 Å². The topological polar surface area (TPSA) is 102 Å². The molecule has 1 unspecified atom stereocenters. The fourth-order valence-corrected chi connectivity index (χ4v) is 5.03. The van der Waals surface area contributed by atoms with E-state index in [9.17, 15) is 18.0 Å². The smallest absolute Gasteiger partial charge is 0.309 e. The molecule has 0 fully saturated rings. The minimum absolute atomic E-state index is 0.164. The lowest BCUT2D eigenvalue weighted by Gasteiger charge is -2.17. The molecule has 26 heavy (non-hydrogen) atoms. The Labute approximate surface area is 156 Å². The zero-order chi connectivity index (χ0) is 19.0. The molecule has 0 aliphatic carbocycles. The molecule has 1 atom stereocenters. The molecule has 9 heteroatoms. The highest BCUT2D eigenvalue weighted by Crippen LogP contribution is 2.31. The van der Waals surface area contributed by atoms with Crippen LogP contribution in [0.4, 0.5) is 0 Å². The maximum absolute atomic E-state index is 13.0. The molecule has 2 N–H and O–H groups in total. The lowest BCUT2D eigenvalue weighted by atomic mass is 10.3. The molecule has 2 amide bonds. The Hall–Kier alpha value is -2.23. The highest BCUT2D eigenvalue weighted by Gasteiger charge is 2.31. The van der Waals surface area contributed by atoms with E-state index in [4.69, 9.17) is 4.74 Å². The molecule has 0 aliphatic rings. The van der Waals surface area contributed by atoms with Crippen molar-refractivity contribution < 1.29 is 22.7 Å². The van der Waals surface area contributed by atoms with Crippen molar-refractivity contribution in [2.24, 2.45) is 0 Å². The number of nitrogens with one attached hydrogen (secondary N) is 2. The average molecular weight is 396 g/mol. The maximum atomic E-state index is 13.0. The zero-order valence-electron chi connectivity index (χ0n) is 14.2. The first-order chi connectivity index (χ1) is 12.5. The summed E-state index contributed by atoms with van der Waals surface area (Å²) < 4.78 is 30.7. The molecule has 1 heterocycles. The summed E-state index contributed by atoms with van der Waals surface area (Å²) in [6.45, 7) is 0.271. The van der Waals surface area contributed by atoms with Gasteiger partial charge in [-0.2, -0.15) is 0 Å². The van der Waals surface area contributed by atoms with Crippen molar-refractivity contribution in [2.75, 3.05) is 26.8 Å². The van der Waals surface area contributed by atoms with Gasteiger partial charge in [0, 0.05) is 25.1 Å². The Bertz CT molecular complexity index is 820. The van der Waals surface area contributed by atoms with E-state index in [1.165, 1.54) is 30.6 Å². The predicted octanol–water partition coefficient (Wildman–Crippen LogP) is 1.14. The number of hydrogen-bond donors (Lipinski definition) is 2. The number of carbonyl (C=O) groups is 2. The van der Waals surface area contributed by atoms with Crippen LogP contribution in [0.3, 0.4) is 0 Å². The molecule has 2 aromatic rings. The molecule has 0 bridgehead atoms. The summed E-state index contributed by atoms with van der Waals surface area (Å²) in [7, 11) is -2.24. The zero-order valence-corrected chi connectivity index (χ0v) is 15.8. The van der Waals surface area contributed by atoms with Crippen LogP contribution in [0.5, 0.6) is 0 Å². The van der Waals surface area contributed by atoms with E-state index in [0.717, 1.165) is 0 Å². The van der Waals surface area contributed by atoms with E-state index in [1.54, 1.807) is 35.7 Å². The van der Waals surface area contributed by atoms with Crippen molar-refractivity contribution in [1.82, 2.24) is 10.6 Å². The molecule has 0 saturated heterocycles. The molecule has 2 rings (SSSR count). The molecule has 140 valence electrons. The third kappa shape index (κ3) is 5.13. The molecule has 0 spiro atoms. The number of sulfone groups is 1. The maximum Gasteiger partial charge on any atom is 0.309 e. The van der Waals surface area contributed by atoms with Crippen molar-refractivity contribution in [3.8, 4) is 0 Å². The van der Waals surface area contributed by atoms with Gasteiger partial charge in [0.1, 0.15) is 5.25 Å². The normalized spacial score (nSPS) is 12.3. The highest BCUT2D eigenvalue weighted by molar-refractivity contribution is 7.91. The number of hydrogen-bond acceptors (Lipinski definition) is 6. The Morgan fingerprint density at radius 3 is 2.38 bits per heavy atom. The molecule has 1 aromatic heterocycles. The van der Waals surface area contributed by atoms with Gasteiger partial charge < -0.3 is 15.4 Å². The lowest BCUT2D eigenvalue weighted by molar-refractivity contribution is -0.139. The predicted molar refractivity (Wildman–Crippen MR) is 98.6 cm³/mol. The van der Waals surface area contributed by atoms with Gasteiger partial charge in [0.15, 0.2) is 9.84 Å². The number of benzene rings is 1. The van der Waals surface area contributed by atoms with Crippen LogP contribution < -0.4 is 10.6 Å². The average Bonchev–Trinajstić information content (AvgIpc) is 3.16. The monoisotopic (exact) mass is 396 g/mol. The Kier molecular flexibility index (Phi) is 7.31. The van der Waals surface area contributed by atoms with E-state index in [-0.39, 0.29) is 24.6 Å². The molecule has 0 aliphatic heterocycles. The van der Waals surface area contributed by atoms with E-state index < -0.39 is 26.9 Å². The summed E-state index contributed by atoms with van der Waals surface area (Å²) in [6, 6.07) is 11.5. The van der Waals surface area contributed by atoms with Gasteiger partial charge in [-0.3, -0.25) is 9.59 Å². The first-order valence-electron chi connectivity index (χ1n) is 7.84. The summed E-state index contributed by atoms with van der Waals surface area (Å²) in [5.74, 6) is -1.71. The number of methoxy groups -OCH3 is 1.